The summed E-state index contributed by atoms with van der Waals surface area (Å²) in [7, 11) is 0. The summed E-state index contributed by atoms with van der Waals surface area (Å²) in [6, 6.07) is 4.24. The molecule has 0 aliphatic rings. The van der Waals surface area contributed by atoms with Crippen LogP contribution < -0.4 is 0 Å². The topological polar surface area (TPSA) is 12.9 Å². The Morgan fingerprint density at radius 2 is 2.00 bits per heavy atom. The molecule has 1 radical (unpaired) electrons. The van der Waals surface area contributed by atoms with Gasteiger partial charge in [0.1, 0.15) is 0 Å². The summed E-state index contributed by atoms with van der Waals surface area (Å²) in [5.74, 6) is 0.686. The number of aromatic nitrogens is 1. The molecule has 1 atom stereocenters. The number of hydrogen-bond acceptors (Lipinski definition) is 1. The van der Waals surface area contributed by atoms with Crippen molar-refractivity contribution >= 4 is 0 Å². The third-order valence-corrected chi connectivity index (χ3v) is 2.37. The van der Waals surface area contributed by atoms with Gasteiger partial charge in [0.2, 0.25) is 0 Å². The van der Waals surface area contributed by atoms with Crippen LogP contribution >= 0.6 is 0 Å². The van der Waals surface area contributed by atoms with Gasteiger partial charge in [0.15, 0.2) is 0 Å². The third kappa shape index (κ3) is 3.17. The Morgan fingerprint density at radius 1 is 1.31 bits per heavy atom. The van der Waals surface area contributed by atoms with Crippen molar-refractivity contribution in [1.29, 1.82) is 0 Å². The molecule has 0 amide bonds. The van der Waals surface area contributed by atoms with Crippen molar-refractivity contribution in [2.45, 2.75) is 38.5 Å². The molecule has 0 N–H and O–H groups in total. The molecule has 1 rings (SSSR count). The summed E-state index contributed by atoms with van der Waals surface area (Å²) in [6.07, 6.45) is 8.47. The fourth-order valence-electron chi connectivity index (χ4n) is 1.71. The molecule has 1 unspecified atom stereocenters. The fraction of sp³-hybridized carbons (Fsp3) is 0.500. The highest BCUT2D eigenvalue weighted by Crippen LogP contribution is 2.25. The highest BCUT2D eigenvalue weighted by molar-refractivity contribution is 5.15. The van der Waals surface area contributed by atoms with E-state index in [2.05, 4.69) is 31.0 Å². The van der Waals surface area contributed by atoms with Crippen molar-refractivity contribution in [3.05, 3.63) is 37.0 Å². The Kier molecular flexibility index (Phi) is 4.52. The smallest absolute Gasteiger partial charge is 0.0270 e. The highest BCUT2D eigenvalue weighted by Gasteiger charge is 2.08. The first-order valence-corrected chi connectivity index (χ1v) is 5.07. The Labute approximate surface area is 81.2 Å². The van der Waals surface area contributed by atoms with Gasteiger partial charge >= 0.3 is 0 Å². The number of nitrogens with zero attached hydrogens (tertiary/aromatic N) is 1. The average Bonchev–Trinajstić information content (AvgIpc) is 2.19. The van der Waals surface area contributed by atoms with E-state index in [4.69, 9.17) is 0 Å². The van der Waals surface area contributed by atoms with Crippen LogP contribution in [0.2, 0.25) is 0 Å². The van der Waals surface area contributed by atoms with E-state index in [1.165, 1.54) is 24.8 Å². The van der Waals surface area contributed by atoms with Gasteiger partial charge < -0.3 is 0 Å². The van der Waals surface area contributed by atoms with Crippen LogP contribution in [0.1, 0.15) is 44.1 Å². The van der Waals surface area contributed by atoms with Gasteiger partial charge in [0.05, 0.1) is 0 Å². The van der Waals surface area contributed by atoms with Crippen LogP contribution in [0.5, 0.6) is 0 Å². The lowest BCUT2D eigenvalue weighted by Crippen LogP contribution is -1.98. The number of pyridine rings is 1. The molecule has 13 heavy (non-hydrogen) atoms. The van der Waals surface area contributed by atoms with E-state index in [1.807, 2.05) is 12.4 Å². The predicted octanol–water partition coefficient (Wildman–Crippen LogP) is 3.58. The van der Waals surface area contributed by atoms with Gasteiger partial charge in [-0.3, -0.25) is 4.98 Å². The van der Waals surface area contributed by atoms with Crippen molar-refractivity contribution in [3.8, 4) is 0 Å². The van der Waals surface area contributed by atoms with Gasteiger partial charge in [-0.1, -0.05) is 26.7 Å². The Morgan fingerprint density at radius 3 is 2.54 bits per heavy atom. The Bertz CT molecular complexity index is 212. The Hall–Kier alpha value is -0.850. The first-order valence-electron chi connectivity index (χ1n) is 5.07. The van der Waals surface area contributed by atoms with Crippen LogP contribution in [-0.2, 0) is 0 Å². The molecule has 0 fully saturated rings. The molecule has 1 heterocycles. The van der Waals surface area contributed by atoms with Crippen LogP contribution in [0.25, 0.3) is 0 Å². The summed E-state index contributed by atoms with van der Waals surface area (Å²) in [4.78, 5) is 4.03. The fourth-order valence-corrected chi connectivity index (χ4v) is 1.71. The summed E-state index contributed by atoms with van der Waals surface area (Å²) in [5.41, 5.74) is 1.42. The Balaban J connectivity index is 2.64. The maximum atomic E-state index is 4.03. The van der Waals surface area contributed by atoms with Gasteiger partial charge in [-0.15, -0.1) is 0 Å². The standard InChI is InChI=1S/C12H18N/c1-3-5-11(6-4-2)12-7-9-13-10-8-12/h7-11H,1,3-6H2,2H3. The molecule has 0 saturated heterocycles. The molecule has 0 bridgehead atoms. The normalized spacial score (nSPS) is 10.7. The zero-order valence-corrected chi connectivity index (χ0v) is 8.37. The van der Waals surface area contributed by atoms with Crippen molar-refractivity contribution in [1.82, 2.24) is 4.98 Å². The SMILES string of the molecule is [CH2]CCC(CCC)c1ccncc1. The summed E-state index contributed by atoms with van der Waals surface area (Å²) in [5, 5.41) is 0. The first kappa shape index (κ1) is 10.2. The lowest BCUT2D eigenvalue weighted by atomic mass is 9.91. The van der Waals surface area contributed by atoms with E-state index >= 15 is 0 Å². The minimum atomic E-state index is 0.686. The lowest BCUT2D eigenvalue weighted by Gasteiger charge is -2.14. The molecule has 0 aliphatic heterocycles. The second kappa shape index (κ2) is 5.74. The van der Waals surface area contributed by atoms with E-state index < -0.39 is 0 Å². The second-order valence-corrected chi connectivity index (χ2v) is 3.41. The highest BCUT2D eigenvalue weighted by atomic mass is 14.6. The molecule has 0 saturated carbocycles. The van der Waals surface area contributed by atoms with Crippen molar-refractivity contribution in [2.75, 3.05) is 0 Å². The predicted molar refractivity (Wildman–Crippen MR) is 56.5 cm³/mol. The zero-order valence-electron chi connectivity index (χ0n) is 8.37. The first-order chi connectivity index (χ1) is 6.38. The average molecular weight is 176 g/mol. The molecule has 1 aromatic heterocycles. The van der Waals surface area contributed by atoms with Gasteiger partial charge in [-0.2, -0.15) is 0 Å². The monoisotopic (exact) mass is 176 g/mol. The van der Waals surface area contributed by atoms with Crippen LogP contribution in [0, 0.1) is 6.92 Å². The van der Waals surface area contributed by atoms with Gasteiger partial charge in [0.25, 0.3) is 0 Å². The lowest BCUT2D eigenvalue weighted by molar-refractivity contribution is 0.572. The number of hydrogen-bond donors (Lipinski definition) is 0. The molecular weight excluding hydrogens is 158 g/mol. The van der Waals surface area contributed by atoms with E-state index in [0.717, 1.165) is 6.42 Å². The summed E-state index contributed by atoms with van der Waals surface area (Å²) in [6.45, 7) is 6.15. The van der Waals surface area contributed by atoms with E-state index in [1.54, 1.807) is 0 Å². The van der Waals surface area contributed by atoms with E-state index in [0.29, 0.717) is 5.92 Å². The third-order valence-electron chi connectivity index (χ3n) is 2.37. The molecule has 0 aliphatic carbocycles. The molecule has 0 spiro atoms. The zero-order chi connectivity index (χ0) is 9.52. The van der Waals surface area contributed by atoms with Crippen molar-refractivity contribution < 1.29 is 0 Å². The minimum absolute atomic E-state index is 0.686. The maximum Gasteiger partial charge on any atom is 0.0270 e. The molecule has 1 heteroatoms. The summed E-state index contributed by atoms with van der Waals surface area (Å²) < 4.78 is 0. The second-order valence-electron chi connectivity index (χ2n) is 3.41. The number of rotatable bonds is 5. The summed E-state index contributed by atoms with van der Waals surface area (Å²) >= 11 is 0. The molecular formula is C12H18N. The van der Waals surface area contributed by atoms with Crippen LogP contribution in [0.15, 0.2) is 24.5 Å². The van der Waals surface area contributed by atoms with Gasteiger partial charge in [0, 0.05) is 12.4 Å². The van der Waals surface area contributed by atoms with Crippen LogP contribution in [-0.4, -0.2) is 4.98 Å². The van der Waals surface area contributed by atoms with E-state index in [9.17, 15) is 0 Å². The quantitative estimate of drug-likeness (QED) is 0.668. The van der Waals surface area contributed by atoms with Gasteiger partial charge in [-0.05, 0) is 36.5 Å². The molecule has 1 aromatic rings. The van der Waals surface area contributed by atoms with Crippen molar-refractivity contribution in [3.63, 3.8) is 0 Å². The minimum Gasteiger partial charge on any atom is -0.265 e. The molecule has 0 aromatic carbocycles. The van der Waals surface area contributed by atoms with Crippen LogP contribution in [0.3, 0.4) is 0 Å². The maximum absolute atomic E-state index is 4.03. The van der Waals surface area contributed by atoms with Gasteiger partial charge in [-0.25, -0.2) is 0 Å². The molecule has 1 nitrogen and oxygen atoms in total. The van der Waals surface area contributed by atoms with Crippen LogP contribution in [0.4, 0.5) is 0 Å². The molecule has 71 valence electrons. The van der Waals surface area contributed by atoms with Crippen molar-refractivity contribution in [2.24, 2.45) is 0 Å². The van der Waals surface area contributed by atoms with E-state index in [-0.39, 0.29) is 0 Å². The largest absolute Gasteiger partial charge is 0.265 e.